The van der Waals surface area contributed by atoms with Gasteiger partial charge >= 0.3 is 0 Å². The molecular formula is C15H13N3O3S. The van der Waals surface area contributed by atoms with Crippen LogP contribution in [0.2, 0.25) is 0 Å². The largest absolute Gasteiger partial charge is 0.497 e. The maximum Gasteiger partial charge on any atom is 0.257 e. The molecule has 3 rings (SSSR count). The number of aromatic nitrogens is 2. The van der Waals surface area contributed by atoms with Crippen LogP contribution in [0.15, 0.2) is 51.4 Å². The highest BCUT2D eigenvalue weighted by atomic mass is 32.1. The molecule has 0 amide bonds. The zero-order chi connectivity index (χ0) is 15.2. The van der Waals surface area contributed by atoms with Crippen LogP contribution in [-0.2, 0) is 11.4 Å². The Morgan fingerprint density at radius 2 is 2.09 bits per heavy atom. The summed E-state index contributed by atoms with van der Waals surface area (Å²) in [6.07, 6.45) is 1.64. The normalized spacial score (nSPS) is 11.0. The van der Waals surface area contributed by atoms with E-state index >= 15 is 0 Å². The van der Waals surface area contributed by atoms with E-state index in [1.54, 1.807) is 24.7 Å². The number of methoxy groups -OCH3 is 1. The summed E-state index contributed by atoms with van der Waals surface area (Å²) in [6.45, 7) is 0.130. The minimum atomic E-state index is 0.130. The lowest BCUT2D eigenvalue weighted by molar-refractivity contribution is 0.113. The van der Waals surface area contributed by atoms with E-state index in [0.717, 1.165) is 16.2 Å². The van der Waals surface area contributed by atoms with Crippen LogP contribution in [0.1, 0.15) is 10.8 Å². The van der Waals surface area contributed by atoms with Gasteiger partial charge in [-0.1, -0.05) is 11.2 Å². The van der Waals surface area contributed by atoms with Gasteiger partial charge in [0.25, 0.3) is 5.89 Å². The highest BCUT2D eigenvalue weighted by molar-refractivity contribution is 7.11. The van der Waals surface area contributed by atoms with E-state index in [9.17, 15) is 0 Å². The number of hydrogen-bond donors (Lipinski definition) is 0. The lowest BCUT2D eigenvalue weighted by Gasteiger charge is -1.99. The van der Waals surface area contributed by atoms with Gasteiger partial charge in [0.15, 0.2) is 6.61 Å². The summed E-state index contributed by atoms with van der Waals surface area (Å²) >= 11 is 1.58. The van der Waals surface area contributed by atoms with E-state index in [2.05, 4.69) is 15.4 Å². The number of ether oxygens (including phenoxy) is 1. The highest BCUT2D eigenvalue weighted by Crippen LogP contribution is 2.21. The van der Waals surface area contributed by atoms with Gasteiger partial charge in [-0.05, 0) is 35.7 Å². The van der Waals surface area contributed by atoms with Gasteiger partial charge in [-0.25, -0.2) is 0 Å². The maximum absolute atomic E-state index is 5.52. The molecule has 0 spiro atoms. The van der Waals surface area contributed by atoms with E-state index < -0.39 is 0 Å². The molecule has 0 saturated heterocycles. The van der Waals surface area contributed by atoms with E-state index in [1.807, 2.05) is 41.8 Å². The van der Waals surface area contributed by atoms with Crippen molar-refractivity contribution in [3.63, 3.8) is 0 Å². The molecule has 2 aromatic heterocycles. The summed E-state index contributed by atoms with van der Waals surface area (Å²) in [5.74, 6) is 1.58. The molecule has 1 aromatic carbocycles. The Hall–Kier alpha value is -2.67. The van der Waals surface area contributed by atoms with Crippen LogP contribution in [0.25, 0.3) is 11.5 Å². The summed E-state index contributed by atoms with van der Waals surface area (Å²) in [4.78, 5) is 6.16. The Morgan fingerprint density at radius 1 is 1.23 bits per heavy atom. The molecule has 2 heterocycles. The minimum absolute atomic E-state index is 0.130. The first-order chi connectivity index (χ1) is 10.8. The van der Waals surface area contributed by atoms with Gasteiger partial charge in [0.2, 0.25) is 5.89 Å². The van der Waals surface area contributed by atoms with Gasteiger partial charge in [0.05, 0.1) is 13.3 Å². The molecule has 0 radical (unpaired) electrons. The third-order valence-corrected chi connectivity index (χ3v) is 3.60. The van der Waals surface area contributed by atoms with Gasteiger partial charge < -0.3 is 14.0 Å². The van der Waals surface area contributed by atoms with Crippen LogP contribution < -0.4 is 4.74 Å². The number of hydrogen-bond acceptors (Lipinski definition) is 7. The molecule has 0 atom stereocenters. The molecule has 112 valence electrons. The van der Waals surface area contributed by atoms with Crippen LogP contribution in [0.4, 0.5) is 0 Å². The topological polar surface area (TPSA) is 69.7 Å². The average Bonchev–Trinajstić information content (AvgIpc) is 3.23. The second-order valence-corrected chi connectivity index (χ2v) is 5.23. The van der Waals surface area contributed by atoms with Gasteiger partial charge in [-0.2, -0.15) is 0 Å². The van der Waals surface area contributed by atoms with E-state index in [1.165, 1.54) is 0 Å². The lowest BCUT2D eigenvalue weighted by atomic mass is 10.2. The lowest BCUT2D eigenvalue weighted by Crippen LogP contribution is -1.87. The fraction of sp³-hybridized carbons (Fsp3) is 0.133. The van der Waals surface area contributed by atoms with E-state index in [4.69, 9.17) is 14.0 Å². The van der Waals surface area contributed by atoms with Crippen molar-refractivity contribution in [3.8, 4) is 17.2 Å². The molecule has 0 bridgehead atoms. The summed E-state index contributed by atoms with van der Waals surface area (Å²) in [6, 6.07) is 11.3. The number of rotatable bonds is 6. The van der Waals surface area contributed by atoms with Crippen molar-refractivity contribution in [1.82, 2.24) is 10.2 Å². The molecule has 0 aliphatic heterocycles. The average molecular weight is 315 g/mol. The Bertz CT molecular complexity index is 736. The highest BCUT2D eigenvalue weighted by Gasteiger charge is 2.08. The van der Waals surface area contributed by atoms with E-state index in [-0.39, 0.29) is 6.61 Å². The molecule has 3 aromatic rings. The van der Waals surface area contributed by atoms with Crippen molar-refractivity contribution < 1.29 is 14.0 Å². The molecule has 0 aliphatic rings. The molecule has 0 fully saturated rings. The summed E-state index contributed by atoms with van der Waals surface area (Å²) in [7, 11) is 1.62. The predicted octanol–water partition coefficient (Wildman–Crippen LogP) is 3.36. The van der Waals surface area contributed by atoms with Crippen LogP contribution in [0.3, 0.4) is 0 Å². The van der Waals surface area contributed by atoms with Crippen molar-refractivity contribution in [3.05, 3.63) is 52.5 Å². The fourth-order valence-electron chi connectivity index (χ4n) is 1.71. The molecule has 0 N–H and O–H groups in total. The molecular weight excluding hydrogens is 302 g/mol. The standard InChI is InChI=1S/C15H13N3O3S/c1-19-12-6-4-11(5-7-12)15-18-17-14(21-15)10-20-16-9-13-3-2-8-22-13/h2-9H,10H2,1H3/b16-9+. The fourth-order valence-corrected chi connectivity index (χ4v) is 2.28. The predicted molar refractivity (Wildman–Crippen MR) is 83.0 cm³/mol. The van der Waals surface area contributed by atoms with Gasteiger partial charge in [0, 0.05) is 10.4 Å². The monoisotopic (exact) mass is 315 g/mol. The van der Waals surface area contributed by atoms with Crippen LogP contribution >= 0.6 is 11.3 Å². The molecule has 22 heavy (non-hydrogen) atoms. The van der Waals surface area contributed by atoms with E-state index in [0.29, 0.717) is 11.8 Å². The maximum atomic E-state index is 5.52. The zero-order valence-corrected chi connectivity index (χ0v) is 12.6. The van der Waals surface area contributed by atoms with Crippen molar-refractivity contribution in [2.45, 2.75) is 6.61 Å². The Labute approximate surface area is 131 Å². The van der Waals surface area contributed by atoms with Gasteiger partial charge in [0.1, 0.15) is 5.75 Å². The molecule has 0 saturated carbocycles. The van der Waals surface area contributed by atoms with Crippen molar-refractivity contribution in [2.24, 2.45) is 5.16 Å². The number of benzene rings is 1. The number of nitrogens with zero attached hydrogens (tertiary/aromatic N) is 3. The summed E-state index contributed by atoms with van der Waals surface area (Å²) in [5, 5.41) is 13.7. The van der Waals surface area contributed by atoms with Crippen LogP contribution in [0.5, 0.6) is 5.75 Å². The first-order valence-corrected chi connectivity index (χ1v) is 7.39. The number of thiophene rings is 1. The minimum Gasteiger partial charge on any atom is -0.497 e. The van der Waals surface area contributed by atoms with Gasteiger partial charge in [-0.15, -0.1) is 21.5 Å². The SMILES string of the molecule is COc1ccc(-c2nnc(CO/N=C/c3cccs3)o2)cc1. The zero-order valence-electron chi connectivity index (χ0n) is 11.8. The second kappa shape index (κ2) is 6.86. The Morgan fingerprint density at radius 3 is 2.82 bits per heavy atom. The van der Waals surface area contributed by atoms with Crippen molar-refractivity contribution in [2.75, 3.05) is 7.11 Å². The third kappa shape index (κ3) is 3.50. The Balaban J connectivity index is 1.58. The first kappa shape index (κ1) is 14.3. The van der Waals surface area contributed by atoms with Crippen LogP contribution in [-0.4, -0.2) is 23.5 Å². The molecule has 6 nitrogen and oxygen atoms in total. The quantitative estimate of drug-likeness (QED) is 0.515. The van der Waals surface area contributed by atoms with Crippen molar-refractivity contribution >= 4 is 17.6 Å². The van der Waals surface area contributed by atoms with Crippen molar-refractivity contribution in [1.29, 1.82) is 0 Å². The number of oxime groups is 1. The molecule has 0 unspecified atom stereocenters. The van der Waals surface area contributed by atoms with Crippen LogP contribution in [0, 0.1) is 0 Å². The van der Waals surface area contributed by atoms with Gasteiger partial charge in [-0.3, -0.25) is 0 Å². The molecule has 0 aliphatic carbocycles. The second-order valence-electron chi connectivity index (χ2n) is 4.25. The first-order valence-electron chi connectivity index (χ1n) is 6.51. The smallest absolute Gasteiger partial charge is 0.257 e. The third-order valence-electron chi connectivity index (χ3n) is 2.79. The summed E-state index contributed by atoms with van der Waals surface area (Å²) < 4.78 is 10.6. The summed E-state index contributed by atoms with van der Waals surface area (Å²) in [5.41, 5.74) is 0.821. The Kier molecular flexibility index (Phi) is 4.45. The molecule has 7 heteroatoms.